The first kappa shape index (κ1) is 10.2. The van der Waals surface area contributed by atoms with Crippen LogP contribution in [0.1, 0.15) is 43.6 Å². The molecule has 0 amide bonds. The van der Waals surface area contributed by atoms with Crippen LogP contribution in [0.15, 0.2) is 10.8 Å². The number of nitrogens with zero attached hydrogens (tertiary/aromatic N) is 1. The van der Waals surface area contributed by atoms with Crippen LogP contribution in [0.3, 0.4) is 0 Å². The van der Waals surface area contributed by atoms with E-state index in [-0.39, 0.29) is 0 Å². The largest absolute Gasteiger partial charge is 0.448 e. The third-order valence-electron chi connectivity index (χ3n) is 3.05. The van der Waals surface area contributed by atoms with Crippen LogP contribution in [0, 0.1) is 5.92 Å². The van der Waals surface area contributed by atoms with Crippen LogP contribution in [-0.4, -0.2) is 4.98 Å². The van der Waals surface area contributed by atoms with Crippen molar-refractivity contribution in [3.8, 4) is 0 Å². The molecule has 1 aromatic heterocycles. The Morgan fingerprint density at radius 2 is 2.14 bits per heavy atom. The van der Waals surface area contributed by atoms with Crippen molar-refractivity contribution in [2.75, 3.05) is 0 Å². The number of alkyl halides is 1. The SMILES string of the molecule is BrCc1ncoc1CC1CCCCC1. The van der Waals surface area contributed by atoms with Crippen LogP contribution in [0.5, 0.6) is 0 Å². The molecule has 0 N–H and O–H groups in total. The van der Waals surface area contributed by atoms with E-state index in [9.17, 15) is 0 Å². The molecule has 14 heavy (non-hydrogen) atoms. The standard InChI is InChI=1S/C11H16BrNO/c12-7-10-11(14-8-13-10)6-9-4-2-1-3-5-9/h8-9H,1-7H2. The van der Waals surface area contributed by atoms with Gasteiger partial charge in [-0.1, -0.05) is 48.0 Å². The van der Waals surface area contributed by atoms with Crippen LogP contribution in [-0.2, 0) is 11.8 Å². The number of hydrogen-bond acceptors (Lipinski definition) is 2. The summed E-state index contributed by atoms with van der Waals surface area (Å²) in [5.74, 6) is 1.92. The fraction of sp³-hybridized carbons (Fsp3) is 0.727. The number of hydrogen-bond donors (Lipinski definition) is 0. The lowest BCUT2D eigenvalue weighted by molar-refractivity contribution is 0.333. The maximum atomic E-state index is 5.42. The summed E-state index contributed by atoms with van der Waals surface area (Å²) in [5.41, 5.74) is 1.08. The summed E-state index contributed by atoms with van der Waals surface area (Å²) >= 11 is 3.43. The van der Waals surface area contributed by atoms with Crippen LogP contribution < -0.4 is 0 Å². The van der Waals surface area contributed by atoms with Gasteiger partial charge in [-0.2, -0.15) is 0 Å². The smallest absolute Gasteiger partial charge is 0.181 e. The van der Waals surface area contributed by atoms with Gasteiger partial charge in [0, 0.05) is 11.8 Å². The lowest BCUT2D eigenvalue weighted by atomic mass is 9.86. The van der Waals surface area contributed by atoms with Crippen molar-refractivity contribution in [2.24, 2.45) is 5.92 Å². The molecule has 0 radical (unpaired) electrons. The summed E-state index contributed by atoms with van der Waals surface area (Å²) in [7, 11) is 0. The molecular formula is C11H16BrNO. The first-order valence-electron chi connectivity index (χ1n) is 5.37. The van der Waals surface area contributed by atoms with Gasteiger partial charge in [-0.25, -0.2) is 4.98 Å². The fourth-order valence-corrected chi connectivity index (χ4v) is 2.68. The Balaban J connectivity index is 1.95. The average molecular weight is 258 g/mol. The van der Waals surface area contributed by atoms with Crippen molar-refractivity contribution >= 4 is 15.9 Å². The average Bonchev–Trinajstić information content (AvgIpc) is 2.67. The second kappa shape index (κ2) is 4.96. The van der Waals surface area contributed by atoms with Gasteiger partial charge in [0.25, 0.3) is 0 Å². The van der Waals surface area contributed by atoms with E-state index >= 15 is 0 Å². The van der Waals surface area contributed by atoms with Gasteiger partial charge in [-0.3, -0.25) is 0 Å². The predicted octanol–water partition coefficient (Wildman–Crippen LogP) is 3.69. The number of rotatable bonds is 3. The van der Waals surface area contributed by atoms with Crippen molar-refractivity contribution in [3.05, 3.63) is 17.8 Å². The molecule has 1 saturated carbocycles. The summed E-state index contributed by atoms with van der Waals surface area (Å²) in [4.78, 5) is 4.19. The maximum absolute atomic E-state index is 5.42. The lowest BCUT2D eigenvalue weighted by Gasteiger charge is -2.20. The molecule has 3 heteroatoms. The highest BCUT2D eigenvalue weighted by Gasteiger charge is 2.17. The van der Waals surface area contributed by atoms with Crippen molar-refractivity contribution in [2.45, 2.75) is 43.9 Å². The fourth-order valence-electron chi connectivity index (χ4n) is 2.22. The summed E-state index contributed by atoms with van der Waals surface area (Å²) in [6.07, 6.45) is 9.57. The molecule has 0 aliphatic heterocycles. The van der Waals surface area contributed by atoms with Crippen molar-refractivity contribution < 1.29 is 4.42 Å². The molecule has 1 aromatic rings. The summed E-state index contributed by atoms with van der Waals surface area (Å²) in [5, 5.41) is 0.811. The molecule has 1 aliphatic rings. The first-order chi connectivity index (χ1) is 6.90. The molecule has 0 aromatic carbocycles. The van der Waals surface area contributed by atoms with E-state index in [0.717, 1.165) is 29.1 Å². The van der Waals surface area contributed by atoms with E-state index in [1.807, 2.05) is 0 Å². The minimum atomic E-state index is 0.811. The van der Waals surface area contributed by atoms with Crippen LogP contribution in [0.4, 0.5) is 0 Å². The molecule has 0 spiro atoms. The normalized spacial score (nSPS) is 18.6. The summed E-state index contributed by atoms with van der Waals surface area (Å²) < 4.78 is 5.42. The van der Waals surface area contributed by atoms with Gasteiger partial charge >= 0.3 is 0 Å². The molecule has 2 rings (SSSR count). The lowest BCUT2D eigenvalue weighted by Crippen LogP contribution is -2.09. The molecule has 2 nitrogen and oxygen atoms in total. The molecule has 1 aliphatic carbocycles. The molecule has 0 unspecified atom stereocenters. The van der Waals surface area contributed by atoms with Crippen LogP contribution in [0.25, 0.3) is 0 Å². The molecule has 78 valence electrons. The monoisotopic (exact) mass is 257 g/mol. The second-order valence-electron chi connectivity index (χ2n) is 4.06. The van der Waals surface area contributed by atoms with Crippen molar-refractivity contribution in [3.63, 3.8) is 0 Å². The highest BCUT2D eigenvalue weighted by molar-refractivity contribution is 9.08. The van der Waals surface area contributed by atoms with Gasteiger partial charge in [-0.15, -0.1) is 0 Å². The van der Waals surface area contributed by atoms with E-state index in [1.54, 1.807) is 6.39 Å². The molecule has 0 saturated heterocycles. The van der Waals surface area contributed by atoms with Crippen LogP contribution in [0.2, 0.25) is 0 Å². The minimum absolute atomic E-state index is 0.811. The number of oxazole rings is 1. The van der Waals surface area contributed by atoms with E-state index in [0.29, 0.717) is 0 Å². The Bertz CT molecular complexity index is 279. The van der Waals surface area contributed by atoms with E-state index < -0.39 is 0 Å². The van der Waals surface area contributed by atoms with E-state index in [1.165, 1.54) is 32.1 Å². The Labute approximate surface area is 93.2 Å². The zero-order chi connectivity index (χ0) is 9.80. The second-order valence-corrected chi connectivity index (χ2v) is 4.62. The highest BCUT2D eigenvalue weighted by Crippen LogP contribution is 2.28. The quantitative estimate of drug-likeness (QED) is 0.773. The van der Waals surface area contributed by atoms with Gasteiger partial charge in [0.2, 0.25) is 0 Å². The molecule has 1 heterocycles. The maximum Gasteiger partial charge on any atom is 0.181 e. The van der Waals surface area contributed by atoms with Gasteiger partial charge < -0.3 is 4.42 Å². The Kier molecular flexibility index (Phi) is 3.62. The first-order valence-corrected chi connectivity index (χ1v) is 6.49. The Hall–Kier alpha value is -0.310. The van der Waals surface area contributed by atoms with Crippen molar-refractivity contribution in [1.82, 2.24) is 4.98 Å². The highest BCUT2D eigenvalue weighted by atomic mass is 79.9. The van der Waals surface area contributed by atoms with Gasteiger partial charge in [0.15, 0.2) is 6.39 Å². The van der Waals surface area contributed by atoms with Crippen molar-refractivity contribution in [1.29, 1.82) is 0 Å². The van der Waals surface area contributed by atoms with E-state index in [2.05, 4.69) is 20.9 Å². The molecule has 0 atom stereocenters. The Morgan fingerprint density at radius 3 is 2.86 bits per heavy atom. The number of halogens is 1. The Morgan fingerprint density at radius 1 is 1.36 bits per heavy atom. The molecular weight excluding hydrogens is 242 g/mol. The zero-order valence-corrected chi connectivity index (χ0v) is 9.92. The van der Waals surface area contributed by atoms with Gasteiger partial charge in [-0.05, 0) is 5.92 Å². The zero-order valence-electron chi connectivity index (χ0n) is 8.34. The molecule has 1 fully saturated rings. The van der Waals surface area contributed by atoms with Gasteiger partial charge in [0.05, 0.1) is 5.69 Å². The third-order valence-corrected chi connectivity index (χ3v) is 3.58. The summed E-state index contributed by atoms with van der Waals surface area (Å²) in [6, 6.07) is 0. The minimum Gasteiger partial charge on any atom is -0.448 e. The van der Waals surface area contributed by atoms with Crippen LogP contribution >= 0.6 is 15.9 Å². The van der Waals surface area contributed by atoms with Gasteiger partial charge in [0.1, 0.15) is 5.76 Å². The number of aromatic nitrogens is 1. The summed E-state index contributed by atoms with van der Waals surface area (Å²) in [6.45, 7) is 0. The molecule has 0 bridgehead atoms. The van der Waals surface area contributed by atoms with E-state index in [4.69, 9.17) is 4.42 Å². The third kappa shape index (κ3) is 2.38. The topological polar surface area (TPSA) is 26.0 Å². The predicted molar refractivity (Wildman–Crippen MR) is 59.4 cm³/mol.